The molecule has 0 saturated carbocycles. The molecular formula is C20H23NS. The third-order valence-electron chi connectivity index (χ3n) is 4.69. The van der Waals surface area contributed by atoms with Crippen LogP contribution in [0.25, 0.3) is 22.2 Å². The van der Waals surface area contributed by atoms with E-state index in [1.165, 1.54) is 38.9 Å². The SMILES string of the molecule is CCc1ccc2c(c1)c1c(n2S(C)(C)C)-c2ccccc2C1. The Balaban J connectivity index is 2.13. The van der Waals surface area contributed by atoms with E-state index in [1.807, 2.05) is 0 Å². The lowest BCUT2D eigenvalue weighted by molar-refractivity contribution is 1.14. The first-order valence-corrected chi connectivity index (χ1v) is 10.8. The molecule has 3 aromatic rings. The van der Waals surface area contributed by atoms with Gasteiger partial charge in [0.25, 0.3) is 0 Å². The van der Waals surface area contributed by atoms with Gasteiger partial charge in [-0.2, -0.15) is 10.2 Å². The number of hydrogen-bond donors (Lipinski definition) is 0. The Morgan fingerprint density at radius 1 is 1.05 bits per heavy atom. The average molecular weight is 309 g/mol. The van der Waals surface area contributed by atoms with E-state index in [0.29, 0.717) is 0 Å². The molecule has 2 heteroatoms. The maximum atomic E-state index is 2.63. The van der Waals surface area contributed by atoms with Crippen LogP contribution < -0.4 is 0 Å². The van der Waals surface area contributed by atoms with E-state index < -0.39 is 10.2 Å². The summed E-state index contributed by atoms with van der Waals surface area (Å²) in [7, 11) is -0.857. The second kappa shape index (κ2) is 4.66. The van der Waals surface area contributed by atoms with Crippen molar-refractivity contribution in [3.63, 3.8) is 0 Å². The van der Waals surface area contributed by atoms with Crippen molar-refractivity contribution in [2.45, 2.75) is 19.8 Å². The number of benzene rings is 2. The summed E-state index contributed by atoms with van der Waals surface area (Å²) in [5, 5.41) is 1.47. The smallest absolute Gasteiger partial charge is 0.0625 e. The molecule has 114 valence electrons. The number of rotatable bonds is 2. The molecule has 4 rings (SSSR count). The van der Waals surface area contributed by atoms with Crippen molar-refractivity contribution in [1.82, 2.24) is 3.97 Å². The van der Waals surface area contributed by atoms with Gasteiger partial charge in [0.2, 0.25) is 0 Å². The normalized spacial score (nSPS) is 14.2. The zero-order valence-electron chi connectivity index (χ0n) is 13.8. The fourth-order valence-corrected chi connectivity index (χ4v) is 5.21. The molecule has 1 nitrogen and oxygen atoms in total. The first-order chi connectivity index (χ1) is 10.5. The summed E-state index contributed by atoms with van der Waals surface area (Å²) in [6.07, 6.45) is 9.35. The molecule has 1 aliphatic rings. The minimum absolute atomic E-state index is 0.857. The maximum absolute atomic E-state index is 2.63. The summed E-state index contributed by atoms with van der Waals surface area (Å²) in [5.41, 5.74) is 8.78. The van der Waals surface area contributed by atoms with Gasteiger partial charge in [0, 0.05) is 17.4 Å². The number of aromatic nitrogens is 1. The third-order valence-corrected chi connectivity index (χ3v) is 6.16. The van der Waals surface area contributed by atoms with E-state index in [0.717, 1.165) is 12.8 Å². The first kappa shape index (κ1) is 14.0. The average Bonchev–Trinajstić information content (AvgIpc) is 3.00. The molecular weight excluding hydrogens is 286 g/mol. The summed E-state index contributed by atoms with van der Waals surface area (Å²) in [5.74, 6) is 0. The van der Waals surface area contributed by atoms with Crippen molar-refractivity contribution in [2.24, 2.45) is 0 Å². The van der Waals surface area contributed by atoms with Crippen molar-refractivity contribution in [1.29, 1.82) is 0 Å². The Bertz CT molecular complexity index is 881. The molecule has 0 N–H and O–H groups in total. The molecule has 0 unspecified atom stereocenters. The van der Waals surface area contributed by atoms with Gasteiger partial charge in [-0.1, -0.05) is 37.3 Å². The van der Waals surface area contributed by atoms with Crippen molar-refractivity contribution in [2.75, 3.05) is 18.8 Å². The fraction of sp³-hybridized carbons (Fsp3) is 0.300. The number of hydrogen-bond acceptors (Lipinski definition) is 0. The van der Waals surface area contributed by atoms with E-state index in [1.54, 1.807) is 0 Å². The molecule has 0 saturated heterocycles. The molecule has 1 aliphatic carbocycles. The quantitative estimate of drug-likeness (QED) is 0.478. The van der Waals surface area contributed by atoms with Gasteiger partial charge in [0.1, 0.15) is 0 Å². The van der Waals surface area contributed by atoms with Crippen LogP contribution in [0.3, 0.4) is 0 Å². The zero-order valence-corrected chi connectivity index (χ0v) is 14.6. The molecule has 0 spiro atoms. The van der Waals surface area contributed by atoms with Gasteiger partial charge in [-0.25, -0.2) is 0 Å². The van der Waals surface area contributed by atoms with Crippen molar-refractivity contribution in [3.05, 3.63) is 59.2 Å². The van der Waals surface area contributed by atoms with Crippen LogP contribution in [0.15, 0.2) is 42.5 Å². The number of aryl methyl sites for hydroxylation is 1. The fourth-order valence-electron chi connectivity index (χ4n) is 3.71. The van der Waals surface area contributed by atoms with Crippen molar-refractivity contribution < 1.29 is 0 Å². The number of nitrogens with zero attached hydrogens (tertiary/aromatic N) is 1. The van der Waals surface area contributed by atoms with Gasteiger partial charge in [-0.05, 0) is 54.0 Å². The molecule has 0 amide bonds. The molecule has 0 atom stereocenters. The highest BCUT2D eigenvalue weighted by molar-refractivity contribution is 8.31. The maximum Gasteiger partial charge on any atom is 0.0625 e. The predicted octanol–water partition coefficient (Wildman–Crippen LogP) is 5.23. The Labute approximate surface area is 134 Å². The van der Waals surface area contributed by atoms with Crippen LogP contribution in [0.4, 0.5) is 0 Å². The van der Waals surface area contributed by atoms with E-state index in [9.17, 15) is 0 Å². The lowest BCUT2D eigenvalue weighted by atomic mass is 10.1. The molecule has 22 heavy (non-hydrogen) atoms. The first-order valence-electron chi connectivity index (χ1n) is 7.94. The van der Waals surface area contributed by atoms with Crippen LogP contribution in [0, 0.1) is 0 Å². The lowest BCUT2D eigenvalue weighted by Crippen LogP contribution is -2.06. The second-order valence-electron chi connectivity index (χ2n) is 6.93. The Hall–Kier alpha value is -1.67. The monoisotopic (exact) mass is 309 g/mol. The molecule has 0 bridgehead atoms. The Kier molecular flexibility index (Phi) is 2.96. The third kappa shape index (κ3) is 1.87. The summed E-state index contributed by atoms with van der Waals surface area (Å²) >= 11 is 0. The standard InChI is InChI=1S/C20H23NS/c1-5-14-10-11-19-17(12-14)18-13-15-8-6-7-9-16(15)20(18)21(19)22(2,3)4/h6-12H,5,13H2,1-4H3. The highest BCUT2D eigenvalue weighted by atomic mass is 32.3. The minimum Gasteiger partial charge on any atom is -0.302 e. The molecule has 0 radical (unpaired) electrons. The minimum atomic E-state index is -0.857. The van der Waals surface area contributed by atoms with Crippen LogP contribution >= 0.6 is 10.2 Å². The van der Waals surface area contributed by atoms with E-state index >= 15 is 0 Å². The van der Waals surface area contributed by atoms with E-state index in [4.69, 9.17) is 0 Å². The number of fused-ring (bicyclic) bond motifs is 5. The van der Waals surface area contributed by atoms with E-state index in [-0.39, 0.29) is 0 Å². The van der Waals surface area contributed by atoms with E-state index in [2.05, 4.69) is 72.1 Å². The summed E-state index contributed by atoms with van der Waals surface area (Å²) < 4.78 is 2.63. The van der Waals surface area contributed by atoms with Crippen LogP contribution in [0.5, 0.6) is 0 Å². The molecule has 0 aliphatic heterocycles. The molecule has 2 aromatic carbocycles. The summed E-state index contributed by atoms with van der Waals surface area (Å²) in [4.78, 5) is 0. The van der Waals surface area contributed by atoms with Crippen LogP contribution in [-0.4, -0.2) is 22.7 Å². The Morgan fingerprint density at radius 3 is 2.55 bits per heavy atom. The summed E-state index contributed by atoms with van der Waals surface area (Å²) in [6.45, 7) is 2.24. The predicted molar refractivity (Wildman–Crippen MR) is 100 cm³/mol. The van der Waals surface area contributed by atoms with Crippen LogP contribution in [-0.2, 0) is 12.8 Å². The zero-order chi connectivity index (χ0) is 15.5. The van der Waals surface area contributed by atoms with Crippen LogP contribution in [0.1, 0.15) is 23.6 Å². The topological polar surface area (TPSA) is 4.93 Å². The Morgan fingerprint density at radius 2 is 1.82 bits per heavy atom. The lowest BCUT2D eigenvalue weighted by Gasteiger charge is -2.31. The van der Waals surface area contributed by atoms with Gasteiger partial charge in [-0.3, -0.25) is 0 Å². The molecule has 1 aromatic heterocycles. The van der Waals surface area contributed by atoms with Gasteiger partial charge < -0.3 is 3.97 Å². The van der Waals surface area contributed by atoms with Crippen molar-refractivity contribution in [3.8, 4) is 11.3 Å². The highest BCUT2D eigenvalue weighted by Gasteiger charge is 2.29. The molecule has 1 heterocycles. The van der Waals surface area contributed by atoms with Gasteiger partial charge in [0.05, 0.1) is 11.2 Å². The van der Waals surface area contributed by atoms with Crippen LogP contribution in [0.2, 0.25) is 0 Å². The largest absolute Gasteiger partial charge is 0.302 e. The second-order valence-corrected chi connectivity index (χ2v) is 10.8. The van der Waals surface area contributed by atoms with Crippen molar-refractivity contribution >= 4 is 21.1 Å². The van der Waals surface area contributed by atoms with Gasteiger partial charge >= 0.3 is 0 Å². The summed E-state index contributed by atoms with van der Waals surface area (Å²) in [6, 6.07) is 16.0. The van der Waals surface area contributed by atoms with Gasteiger partial charge in [-0.15, -0.1) is 0 Å². The molecule has 0 fully saturated rings. The highest BCUT2D eigenvalue weighted by Crippen LogP contribution is 2.51. The van der Waals surface area contributed by atoms with Gasteiger partial charge in [0.15, 0.2) is 0 Å².